The molecule has 0 radical (unpaired) electrons. The quantitative estimate of drug-likeness (QED) is 0.574. The second-order valence-corrected chi connectivity index (χ2v) is 5.34. The zero-order valence-electron chi connectivity index (χ0n) is 13.1. The lowest BCUT2D eigenvalue weighted by atomic mass is 10.1. The normalized spacial score (nSPS) is 22.8. The third-order valence-corrected chi connectivity index (χ3v) is 3.66. The fourth-order valence-corrected chi connectivity index (χ4v) is 2.35. The molecule has 0 aliphatic carbocycles. The van der Waals surface area contributed by atoms with Crippen molar-refractivity contribution in [1.29, 1.82) is 0 Å². The van der Waals surface area contributed by atoms with Crippen LogP contribution in [0.5, 0.6) is 0 Å². The average molecular weight is 305 g/mol. The van der Waals surface area contributed by atoms with Gasteiger partial charge in [-0.15, -0.1) is 0 Å². The summed E-state index contributed by atoms with van der Waals surface area (Å²) in [6, 6.07) is 9.63. The van der Waals surface area contributed by atoms with Gasteiger partial charge < -0.3 is 14.2 Å². The molecular formula is C17H23NO4. The summed E-state index contributed by atoms with van der Waals surface area (Å²) in [6.07, 6.45) is 3.54. The Bertz CT molecular complexity index is 489. The number of methoxy groups -OCH3 is 1. The van der Waals surface area contributed by atoms with E-state index < -0.39 is 0 Å². The Kier molecular flexibility index (Phi) is 6.55. The smallest absolute Gasteiger partial charge is 0.311 e. The summed E-state index contributed by atoms with van der Waals surface area (Å²) in [4.78, 5) is 16.0. The second kappa shape index (κ2) is 8.66. The molecule has 0 amide bonds. The van der Waals surface area contributed by atoms with Crippen LogP contribution in [-0.4, -0.2) is 37.7 Å². The van der Waals surface area contributed by atoms with Crippen LogP contribution in [0.1, 0.15) is 31.7 Å². The minimum atomic E-state index is -0.276. The molecule has 1 fully saturated rings. The first kappa shape index (κ1) is 16.6. The number of benzene rings is 1. The second-order valence-electron chi connectivity index (χ2n) is 5.34. The van der Waals surface area contributed by atoms with E-state index in [1.165, 1.54) is 0 Å². The molecule has 0 bridgehead atoms. The Labute approximate surface area is 131 Å². The summed E-state index contributed by atoms with van der Waals surface area (Å²) in [7, 11) is 1.64. The van der Waals surface area contributed by atoms with Gasteiger partial charge in [0.05, 0.1) is 18.6 Å². The highest BCUT2D eigenvalue weighted by molar-refractivity contribution is 5.85. The van der Waals surface area contributed by atoms with E-state index in [0.717, 1.165) is 18.4 Å². The molecule has 120 valence electrons. The van der Waals surface area contributed by atoms with Gasteiger partial charge in [-0.05, 0) is 18.9 Å². The van der Waals surface area contributed by atoms with Crippen LogP contribution in [-0.2, 0) is 25.6 Å². The number of carbonyl (C=O) groups excluding carboxylic acids is 1. The predicted molar refractivity (Wildman–Crippen MR) is 83.7 cm³/mol. The van der Waals surface area contributed by atoms with Gasteiger partial charge in [0.15, 0.2) is 6.29 Å². The molecule has 1 saturated heterocycles. The molecule has 0 aromatic heterocycles. The molecule has 0 saturated carbocycles. The molecule has 5 heteroatoms. The summed E-state index contributed by atoms with van der Waals surface area (Å²) in [6.45, 7) is 2.28. The Morgan fingerprint density at radius 1 is 1.41 bits per heavy atom. The monoisotopic (exact) mass is 305 g/mol. The van der Waals surface area contributed by atoms with Crippen LogP contribution in [0, 0.1) is 0 Å². The van der Waals surface area contributed by atoms with E-state index in [1.54, 1.807) is 13.3 Å². The van der Waals surface area contributed by atoms with Gasteiger partial charge in [-0.1, -0.05) is 30.3 Å². The number of aliphatic imine (C=N–C) groups is 1. The zero-order valence-corrected chi connectivity index (χ0v) is 13.1. The molecule has 0 unspecified atom stereocenters. The lowest BCUT2D eigenvalue weighted by Crippen LogP contribution is -2.23. The summed E-state index contributed by atoms with van der Waals surface area (Å²) in [5.41, 5.74) is 0.978. The standard InChI is InChI=1S/C17H23NO4/c1-13(15-8-9-17(20-2)22-15)18-11-10-16(19)21-12-14-6-4-3-5-7-14/h3-7,11,13,15,17H,8-10,12H2,1-2H3/t13-,15-,17+/m0/s1. The highest BCUT2D eigenvalue weighted by Crippen LogP contribution is 2.23. The van der Waals surface area contributed by atoms with Crippen LogP contribution < -0.4 is 0 Å². The third-order valence-electron chi connectivity index (χ3n) is 3.66. The zero-order chi connectivity index (χ0) is 15.8. The lowest BCUT2D eigenvalue weighted by molar-refractivity contribution is -0.143. The van der Waals surface area contributed by atoms with Gasteiger partial charge in [0.1, 0.15) is 6.61 Å². The molecule has 1 aliphatic heterocycles. The van der Waals surface area contributed by atoms with E-state index in [4.69, 9.17) is 14.2 Å². The molecular weight excluding hydrogens is 282 g/mol. The van der Waals surface area contributed by atoms with Gasteiger partial charge in [-0.2, -0.15) is 0 Å². The first-order chi connectivity index (χ1) is 10.7. The highest BCUT2D eigenvalue weighted by Gasteiger charge is 2.28. The van der Waals surface area contributed by atoms with Gasteiger partial charge in [-0.3, -0.25) is 9.79 Å². The first-order valence-electron chi connectivity index (χ1n) is 7.58. The van der Waals surface area contributed by atoms with Crippen LogP contribution >= 0.6 is 0 Å². The van der Waals surface area contributed by atoms with Crippen LogP contribution in [0.4, 0.5) is 0 Å². The molecule has 0 spiro atoms. The van der Waals surface area contributed by atoms with Crippen LogP contribution in [0.2, 0.25) is 0 Å². The molecule has 1 heterocycles. The van der Waals surface area contributed by atoms with E-state index in [1.807, 2.05) is 37.3 Å². The highest BCUT2D eigenvalue weighted by atomic mass is 16.7. The van der Waals surface area contributed by atoms with Crippen molar-refractivity contribution >= 4 is 12.2 Å². The fourth-order valence-electron chi connectivity index (χ4n) is 2.35. The first-order valence-corrected chi connectivity index (χ1v) is 7.58. The molecule has 22 heavy (non-hydrogen) atoms. The largest absolute Gasteiger partial charge is 0.461 e. The van der Waals surface area contributed by atoms with E-state index in [9.17, 15) is 4.79 Å². The minimum Gasteiger partial charge on any atom is -0.461 e. The third kappa shape index (κ3) is 5.24. The maximum absolute atomic E-state index is 11.7. The van der Waals surface area contributed by atoms with Gasteiger partial charge in [-0.25, -0.2) is 0 Å². The summed E-state index contributed by atoms with van der Waals surface area (Å²) < 4.78 is 16.0. The van der Waals surface area contributed by atoms with Gasteiger partial charge in [0, 0.05) is 19.7 Å². The number of ether oxygens (including phenoxy) is 3. The predicted octanol–water partition coefficient (Wildman–Crippen LogP) is 2.73. The van der Waals surface area contributed by atoms with E-state index >= 15 is 0 Å². The molecule has 1 aromatic carbocycles. The van der Waals surface area contributed by atoms with E-state index in [-0.39, 0.29) is 30.8 Å². The molecule has 2 rings (SSSR count). The van der Waals surface area contributed by atoms with Gasteiger partial charge >= 0.3 is 5.97 Å². The summed E-state index contributed by atoms with van der Waals surface area (Å²) in [5, 5.41) is 0. The van der Waals surface area contributed by atoms with Crippen molar-refractivity contribution < 1.29 is 19.0 Å². The number of hydrogen-bond acceptors (Lipinski definition) is 5. The maximum atomic E-state index is 11.7. The molecule has 3 atom stereocenters. The van der Waals surface area contributed by atoms with Crippen molar-refractivity contribution in [2.24, 2.45) is 4.99 Å². The number of hydrogen-bond donors (Lipinski definition) is 0. The van der Waals surface area contributed by atoms with Crippen LogP contribution in [0.15, 0.2) is 35.3 Å². The molecule has 1 aromatic rings. The Morgan fingerprint density at radius 2 is 2.18 bits per heavy atom. The maximum Gasteiger partial charge on any atom is 0.311 e. The average Bonchev–Trinajstić information content (AvgIpc) is 3.03. The Balaban J connectivity index is 1.67. The van der Waals surface area contributed by atoms with Crippen molar-refractivity contribution in [1.82, 2.24) is 0 Å². The number of rotatable bonds is 7. The summed E-state index contributed by atoms with van der Waals surface area (Å²) >= 11 is 0. The SMILES string of the molecule is CO[C@H]1CC[C@@H]([C@H](C)N=CCC(=O)OCc2ccccc2)O1. The summed E-state index contributed by atoms with van der Waals surface area (Å²) in [5.74, 6) is -0.276. The van der Waals surface area contributed by atoms with Crippen molar-refractivity contribution in [3.05, 3.63) is 35.9 Å². The molecule has 0 N–H and O–H groups in total. The van der Waals surface area contributed by atoms with E-state index in [0.29, 0.717) is 6.61 Å². The number of nitrogens with zero attached hydrogens (tertiary/aromatic N) is 1. The van der Waals surface area contributed by atoms with Crippen LogP contribution in [0.3, 0.4) is 0 Å². The number of esters is 1. The van der Waals surface area contributed by atoms with Gasteiger partial charge in [0.25, 0.3) is 0 Å². The Morgan fingerprint density at radius 3 is 2.86 bits per heavy atom. The van der Waals surface area contributed by atoms with E-state index in [2.05, 4.69) is 4.99 Å². The van der Waals surface area contributed by atoms with Crippen molar-refractivity contribution in [3.63, 3.8) is 0 Å². The number of carbonyl (C=O) groups is 1. The molecule has 5 nitrogen and oxygen atoms in total. The van der Waals surface area contributed by atoms with Crippen molar-refractivity contribution in [2.45, 2.75) is 51.2 Å². The van der Waals surface area contributed by atoms with Crippen molar-refractivity contribution in [3.8, 4) is 0 Å². The van der Waals surface area contributed by atoms with Crippen molar-refractivity contribution in [2.75, 3.05) is 7.11 Å². The molecule has 1 aliphatic rings. The van der Waals surface area contributed by atoms with Crippen LogP contribution in [0.25, 0.3) is 0 Å². The minimum absolute atomic E-state index is 0.0158. The lowest BCUT2D eigenvalue weighted by Gasteiger charge is -2.15. The Hall–Kier alpha value is -1.72. The fraction of sp³-hybridized carbons (Fsp3) is 0.529. The van der Waals surface area contributed by atoms with Gasteiger partial charge in [0.2, 0.25) is 0 Å². The topological polar surface area (TPSA) is 57.1 Å².